The third-order valence-electron chi connectivity index (χ3n) is 3.86. The average Bonchev–Trinajstić information content (AvgIpc) is 2.42. The highest BCUT2D eigenvalue weighted by molar-refractivity contribution is 7.46. The lowest BCUT2D eigenvalue weighted by Crippen LogP contribution is -1.98. The van der Waals surface area contributed by atoms with Gasteiger partial charge in [0.25, 0.3) is 0 Å². The summed E-state index contributed by atoms with van der Waals surface area (Å²) in [6.07, 6.45) is 10.7. The van der Waals surface area contributed by atoms with Gasteiger partial charge in [0.15, 0.2) is 0 Å². The Balaban J connectivity index is 2.40. The van der Waals surface area contributed by atoms with Crippen LogP contribution < -0.4 is 4.52 Å². The van der Waals surface area contributed by atoms with Crippen LogP contribution in [-0.4, -0.2) is 9.79 Å². The maximum absolute atomic E-state index is 11.0. The largest absolute Gasteiger partial charge is 0.524 e. The van der Waals surface area contributed by atoms with Crippen molar-refractivity contribution in [2.24, 2.45) is 0 Å². The topological polar surface area (TPSA) is 66.8 Å². The zero-order valence-corrected chi connectivity index (χ0v) is 14.6. The summed E-state index contributed by atoms with van der Waals surface area (Å²) in [5.41, 5.74) is 1.94. The lowest BCUT2D eigenvalue weighted by molar-refractivity contribution is 0.282. The van der Waals surface area contributed by atoms with Crippen LogP contribution in [0, 0.1) is 6.92 Å². The Morgan fingerprint density at radius 1 is 1.00 bits per heavy atom. The summed E-state index contributed by atoms with van der Waals surface area (Å²) in [6, 6.07) is 5.34. The normalized spacial score (nSPS) is 11.6. The smallest absolute Gasteiger partial charge is 0.404 e. The van der Waals surface area contributed by atoms with Crippen molar-refractivity contribution >= 4 is 7.82 Å². The molecule has 0 atom stereocenters. The van der Waals surface area contributed by atoms with Crippen LogP contribution in [0.25, 0.3) is 0 Å². The number of phosphoric ester groups is 1. The van der Waals surface area contributed by atoms with E-state index in [1.54, 1.807) is 12.1 Å². The summed E-state index contributed by atoms with van der Waals surface area (Å²) in [5, 5.41) is 0. The standard InChI is InChI=1S/C17H29O4P/c1-3-4-5-6-7-8-9-10-13-16-15(2)12-11-14-17(16)21-22(18,19)20/h11-12,14H,3-10,13H2,1-2H3,(H2,18,19,20). The summed E-state index contributed by atoms with van der Waals surface area (Å²) >= 11 is 0. The van der Waals surface area contributed by atoms with E-state index in [9.17, 15) is 4.57 Å². The Morgan fingerprint density at radius 2 is 1.59 bits per heavy atom. The Hall–Kier alpha value is -0.830. The molecule has 0 heterocycles. The minimum Gasteiger partial charge on any atom is -0.404 e. The number of phosphoric acid groups is 1. The number of unbranched alkanes of at least 4 members (excludes halogenated alkanes) is 7. The maximum Gasteiger partial charge on any atom is 0.524 e. The average molecular weight is 328 g/mol. The molecule has 0 fully saturated rings. The SMILES string of the molecule is CCCCCCCCCCc1c(C)cccc1OP(=O)(O)O. The molecule has 0 radical (unpaired) electrons. The molecule has 2 N–H and O–H groups in total. The highest BCUT2D eigenvalue weighted by Crippen LogP contribution is 2.40. The highest BCUT2D eigenvalue weighted by atomic mass is 31.2. The van der Waals surface area contributed by atoms with Crippen molar-refractivity contribution in [2.45, 2.75) is 71.6 Å². The molecule has 22 heavy (non-hydrogen) atoms. The molecule has 0 amide bonds. The van der Waals surface area contributed by atoms with Crippen LogP contribution >= 0.6 is 7.82 Å². The molecule has 1 aromatic rings. The second-order valence-corrected chi connectivity index (χ2v) is 7.02. The first kappa shape index (κ1) is 19.2. The van der Waals surface area contributed by atoms with E-state index < -0.39 is 7.82 Å². The van der Waals surface area contributed by atoms with Crippen molar-refractivity contribution in [3.8, 4) is 5.75 Å². The molecule has 1 rings (SSSR count). The zero-order valence-electron chi connectivity index (χ0n) is 13.8. The molecule has 5 heteroatoms. The van der Waals surface area contributed by atoms with Gasteiger partial charge < -0.3 is 4.52 Å². The quantitative estimate of drug-likeness (QED) is 0.435. The molecule has 0 aromatic heterocycles. The first-order valence-corrected chi connectivity index (χ1v) is 9.80. The van der Waals surface area contributed by atoms with E-state index in [1.165, 1.54) is 38.5 Å². The zero-order chi connectivity index (χ0) is 16.4. The van der Waals surface area contributed by atoms with Crippen molar-refractivity contribution in [1.82, 2.24) is 0 Å². The Kier molecular flexibility index (Phi) is 8.77. The van der Waals surface area contributed by atoms with Crippen LogP contribution in [0.4, 0.5) is 0 Å². The lowest BCUT2D eigenvalue weighted by atomic mass is 10.00. The van der Waals surface area contributed by atoms with Gasteiger partial charge in [-0.05, 0) is 37.0 Å². The van der Waals surface area contributed by atoms with Gasteiger partial charge in [0.05, 0.1) is 0 Å². The molecule has 0 aliphatic heterocycles. The van der Waals surface area contributed by atoms with Gasteiger partial charge in [-0.15, -0.1) is 0 Å². The van der Waals surface area contributed by atoms with E-state index in [2.05, 4.69) is 6.92 Å². The second kappa shape index (κ2) is 10.0. The minimum absolute atomic E-state index is 0.316. The van der Waals surface area contributed by atoms with E-state index in [0.29, 0.717) is 5.75 Å². The van der Waals surface area contributed by atoms with Crippen LogP contribution in [0.5, 0.6) is 5.75 Å². The van der Waals surface area contributed by atoms with Crippen molar-refractivity contribution < 1.29 is 18.9 Å². The van der Waals surface area contributed by atoms with E-state index in [1.807, 2.05) is 13.0 Å². The molecule has 1 aromatic carbocycles. The minimum atomic E-state index is -4.49. The number of rotatable bonds is 11. The first-order valence-electron chi connectivity index (χ1n) is 8.27. The third kappa shape index (κ3) is 7.98. The Morgan fingerprint density at radius 3 is 2.18 bits per heavy atom. The van der Waals surface area contributed by atoms with Crippen molar-refractivity contribution in [3.05, 3.63) is 29.3 Å². The lowest BCUT2D eigenvalue weighted by Gasteiger charge is -2.14. The molecular formula is C17H29O4P. The fourth-order valence-electron chi connectivity index (χ4n) is 2.65. The van der Waals surface area contributed by atoms with Crippen molar-refractivity contribution in [2.75, 3.05) is 0 Å². The maximum atomic E-state index is 11.0. The summed E-state index contributed by atoms with van der Waals surface area (Å²) in [6.45, 7) is 4.17. The molecule has 0 saturated heterocycles. The van der Waals surface area contributed by atoms with Crippen LogP contribution in [0.1, 0.15) is 69.4 Å². The van der Waals surface area contributed by atoms with E-state index >= 15 is 0 Å². The summed E-state index contributed by atoms with van der Waals surface area (Å²) < 4.78 is 15.8. The fourth-order valence-corrected chi connectivity index (χ4v) is 3.07. The molecule has 0 spiro atoms. The van der Waals surface area contributed by atoms with Gasteiger partial charge in [-0.3, -0.25) is 9.79 Å². The summed E-state index contributed by atoms with van der Waals surface area (Å²) in [5.74, 6) is 0.316. The Bertz CT molecular complexity index is 482. The fraction of sp³-hybridized carbons (Fsp3) is 0.647. The van der Waals surface area contributed by atoms with Gasteiger partial charge in [-0.1, -0.05) is 64.0 Å². The predicted octanol–water partition coefficient (Wildman–Crippen LogP) is 5.15. The molecule has 0 aliphatic rings. The van der Waals surface area contributed by atoms with E-state index in [0.717, 1.165) is 30.4 Å². The van der Waals surface area contributed by atoms with Crippen molar-refractivity contribution in [1.29, 1.82) is 0 Å². The third-order valence-corrected chi connectivity index (χ3v) is 4.30. The Labute approximate surface area is 134 Å². The van der Waals surface area contributed by atoms with Gasteiger partial charge in [0.1, 0.15) is 5.75 Å². The molecule has 0 unspecified atom stereocenters. The highest BCUT2D eigenvalue weighted by Gasteiger charge is 2.18. The molecule has 0 bridgehead atoms. The van der Waals surface area contributed by atoms with Gasteiger partial charge in [-0.25, -0.2) is 4.57 Å². The van der Waals surface area contributed by atoms with Crippen molar-refractivity contribution in [3.63, 3.8) is 0 Å². The molecule has 4 nitrogen and oxygen atoms in total. The van der Waals surface area contributed by atoms with Gasteiger partial charge in [0.2, 0.25) is 0 Å². The van der Waals surface area contributed by atoms with Gasteiger partial charge >= 0.3 is 7.82 Å². The van der Waals surface area contributed by atoms with Crippen LogP contribution in [0.15, 0.2) is 18.2 Å². The van der Waals surface area contributed by atoms with Gasteiger partial charge in [-0.2, -0.15) is 0 Å². The first-order chi connectivity index (χ1) is 10.4. The number of hydrogen-bond acceptors (Lipinski definition) is 2. The van der Waals surface area contributed by atoms with Gasteiger partial charge in [0, 0.05) is 0 Å². The van der Waals surface area contributed by atoms with Crippen LogP contribution in [0.3, 0.4) is 0 Å². The van der Waals surface area contributed by atoms with Crippen LogP contribution in [-0.2, 0) is 11.0 Å². The predicted molar refractivity (Wildman–Crippen MR) is 90.2 cm³/mol. The summed E-state index contributed by atoms with van der Waals surface area (Å²) in [4.78, 5) is 18.0. The van der Waals surface area contributed by atoms with E-state index in [4.69, 9.17) is 14.3 Å². The summed E-state index contributed by atoms with van der Waals surface area (Å²) in [7, 11) is -4.49. The number of hydrogen-bond donors (Lipinski definition) is 2. The molecular weight excluding hydrogens is 299 g/mol. The second-order valence-electron chi connectivity index (χ2n) is 5.86. The van der Waals surface area contributed by atoms with E-state index in [-0.39, 0.29) is 0 Å². The number of aryl methyl sites for hydroxylation is 1. The molecule has 126 valence electrons. The number of benzene rings is 1. The van der Waals surface area contributed by atoms with Crippen LogP contribution in [0.2, 0.25) is 0 Å². The molecule has 0 aliphatic carbocycles. The monoisotopic (exact) mass is 328 g/mol. The molecule has 0 saturated carbocycles.